The van der Waals surface area contributed by atoms with E-state index in [1.165, 1.54) is 0 Å². The van der Waals surface area contributed by atoms with E-state index in [0.29, 0.717) is 6.54 Å². The number of fused-ring (bicyclic) bond motifs is 1. The number of aromatic amines is 1. The van der Waals surface area contributed by atoms with Crippen LogP contribution in [0.25, 0.3) is 11.0 Å². The lowest BCUT2D eigenvalue weighted by Crippen LogP contribution is -2.35. The fourth-order valence-electron chi connectivity index (χ4n) is 1.97. The third kappa shape index (κ3) is 5.61. The maximum Gasteiger partial charge on any atom is 0.407 e. The Morgan fingerprint density at radius 1 is 1.26 bits per heavy atom. The van der Waals surface area contributed by atoms with Gasteiger partial charge in [0.05, 0.1) is 17.4 Å². The van der Waals surface area contributed by atoms with E-state index < -0.39 is 11.7 Å². The molecule has 1 aromatic carbocycles. The molecule has 3 N–H and O–H groups in total. The Labute approximate surface area is 134 Å². The number of rotatable bonds is 5. The Hall–Kier alpha value is -2.57. The second-order valence-electron chi connectivity index (χ2n) is 6.21. The zero-order chi connectivity index (χ0) is 16.9. The fourth-order valence-corrected chi connectivity index (χ4v) is 1.97. The molecule has 1 aromatic heterocycles. The number of carbonyl (C=O) groups excluding carboxylic acids is 2. The number of carbonyl (C=O) groups is 2. The van der Waals surface area contributed by atoms with Crippen molar-refractivity contribution in [2.75, 3.05) is 6.54 Å². The van der Waals surface area contributed by atoms with E-state index in [1.807, 2.05) is 18.2 Å². The molecule has 0 spiro atoms. The van der Waals surface area contributed by atoms with Gasteiger partial charge in [0, 0.05) is 19.5 Å². The van der Waals surface area contributed by atoms with Crippen molar-refractivity contribution in [1.82, 2.24) is 20.6 Å². The number of nitrogens with zero attached hydrogens (tertiary/aromatic N) is 1. The van der Waals surface area contributed by atoms with Crippen LogP contribution in [0.2, 0.25) is 0 Å². The van der Waals surface area contributed by atoms with Crippen LogP contribution in [-0.4, -0.2) is 34.1 Å². The minimum Gasteiger partial charge on any atom is -0.444 e. The lowest BCUT2D eigenvalue weighted by atomic mass is 10.2. The topological polar surface area (TPSA) is 96.1 Å². The van der Waals surface area contributed by atoms with E-state index in [-0.39, 0.29) is 18.9 Å². The van der Waals surface area contributed by atoms with Gasteiger partial charge in [-0.3, -0.25) is 4.79 Å². The molecule has 124 valence electrons. The standard InChI is InChI=1S/C16H22N4O3/c1-16(2,3)23-15(22)17-7-6-14(21)18-9-11-4-5-12-13(8-11)20-10-19-12/h4-5,8,10H,6-7,9H2,1-3H3,(H,17,22)(H,18,21)(H,19,20). The Balaban J connectivity index is 1.69. The van der Waals surface area contributed by atoms with Gasteiger partial charge in [0.25, 0.3) is 0 Å². The molecule has 0 radical (unpaired) electrons. The van der Waals surface area contributed by atoms with Crippen molar-refractivity contribution in [3.63, 3.8) is 0 Å². The Kier molecular flexibility index (Phi) is 5.20. The predicted molar refractivity (Wildman–Crippen MR) is 86.8 cm³/mol. The van der Waals surface area contributed by atoms with Gasteiger partial charge >= 0.3 is 6.09 Å². The number of H-pyrrole nitrogens is 1. The highest BCUT2D eigenvalue weighted by atomic mass is 16.6. The molecular formula is C16H22N4O3. The van der Waals surface area contributed by atoms with Crippen molar-refractivity contribution >= 4 is 23.0 Å². The van der Waals surface area contributed by atoms with Crippen molar-refractivity contribution in [3.05, 3.63) is 30.1 Å². The number of hydrogen-bond acceptors (Lipinski definition) is 4. The summed E-state index contributed by atoms with van der Waals surface area (Å²) in [5, 5.41) is 5.37. The molecule has 23 heavy (non-hydrogen) atoms. The van der Waals surface area contributed by atoms with Crippen LogP contribution in [0, 0.1) is 0 Å². The summed E-state index contributed by atoms with van der Waals surface area (Å²) in [4.78, 5) is 30.4. The predicted octanol–water partition coefficient (Wildman–Crippen LogP) is 2.09. The maximum atomic E-state index is 11.8. The van der Waals surface area contributed by atoms with Crippen molar-refractivity contribution in [2.45, 2.75) is 39.3 Å². The lowest BCUT2D eigenvalue weighted by molar-refractivity contribution is -0.121. The molecule has 1 heterocycles. The second-order valence-corrected chi connectivity index (χ2v) is 6.21. The molecule has 2 aromatic rings. The summed E-state index contributed by atoms with van der Waals surface area (Å²) >= 11 is 0. The first-order valence-corrected chi connectivity index (χ1v) is 7.49. The van der Waals surface area contributed by atoms with E-state index in [9.17, 15) is 9.59 Å². The van der Waals surface area contributed by atoms with Gasteiger partial charge in [-0.25, -0.2) is 9.78 Å². The van der Waals surface area contributed by atoms with Crippen LogP contribution in [0.1, 0.15) is 32.8 Å². The van der Waals surface area contributed by atoms with Gasteiger partial charge in [0.2, 0.25) is 5.91 Å². The molecule has 0 saturated carbocycles. The first kappa shape index (κ1) is 16.8. The first-order valence-electron chi connectivity index (χ1n) is 7.49. The third-order valence-corrected chi connectivity index (χ3v) is 2.99. The molecule has 2 amide bonds. The number of benzene rings is 1. The average molecular weight is 318 g/mol. The number of imidazole rings is 1. The summed E-state index contributed by atoms with van der Waals surface area (Å²) in [7, 11) is 0. The third-order valence-electron chi connectivity index (χ3n) is 2.99. The summed E-state index contributed by atoms with van der Waals surface area (Å²) in [6.07, 6.45) is 1.32. The summed E-state index contributed by atoms with van der Waals surface area (Å²) < 4.78 is 5.09. The van der Waals surface area contributed by atoms with Gasteiger partial charge in [0.1, 0.15) is 5.60 Å². The molecule has 0 saturated heterocycles. The minimum atomic E-state index is -0.544. The summed E-state index contributed by atoms with van der Waals surface area (Å²) in [6.45, 7) is 6.03. The first-order chi connectivity index (χ1) is 10.8. The average Bonchev–Trinajstić information content (AvgIpc) is 2.90. The highest BCUT2D eigenvalue weighted by Gasteiger charge is 2.15. The van der Waals surface area contributed by atoms with E-state index in [1.54, 1.807) is 27.1 Å². The van der Waals surface area contributed by atoms with E-state index >= 15 is 0 Å². The molecule has 0 atom stereocenters. The molecule has 0 aliphatic rings. The summed E-state index contributed by atoms with van der Waals surface area (Å²) in [5.41, 5.74) is 2.26. The zero-order valence-electron chi connectivity index (χ0n) is 13.6. The number of amides is 2. The number of ether oxygens (including phenoxy) is 1. The van der Waals surface area contributed by atoms with Gasteiger partial charge in [-0.05, 0) is 38.5 Å². The highest BCUT2D eigenvalue weighted by molar-refractivity contribution is 5.78. The number of aromatic nitrogens is 2. The molecule has 0 unspecified atom stereocenters. The van der Waals surface area contributed by atoms with E-state index in [0.717, 1.165) is 16.6 Å². The Morgan fingerprint density at radius 2 is 2.04 bits per heavy atom. The van der Waals surface area contributed by atoms with E-state index in [4.69, 9.17) is 4.74 Å². The molecular weight excluding hydrogens is 296 g/mol. The van der Waals surface area contributed by atoms with Crippen LogP contribution < -0.4 is 10.6 Å². The van der Waals surface area contributed by atoms with Crippen LogP contribution in [0.15, 0.2) is 24.5 Å². The number of nitrogens with one attached hydrogen (secondary N) is 3. The number of hydrogen-bond donors (Lipinski definition) is 3. The van der Waals surface area contributed by atoms with E-state index in [2.05, 4.69) is 20.6 Å². The van der Waals surface area contributed by atoms with Crippen molar-refractivity contribution in [2.24, 2.45) is 0 Å². The normalized spacial score (nSPS) is 11.3. The fraction of sp³-hybridized carbons (Fsp3) is 0.438. The second kappa shape index (κ2) is 7.13. The van der Waals surface area contributed by atoms with Crippen LogP contribution >= 0.6 is 0 Å². The van der Waals surface area contributed by atoms with Gasteiger partial charge < -0.3 is 20.4 Å². The quantitative estimate of drug-likeness (QED) is 0.786. The van der Waals surface area contributed by atoms with Crippen LogP contribution in [0.3, 0.4) is 0 Å². The van der Waals surface area contributed by atoms with Gasteiger partial charge in [0.15, 0.2) is 0 Å². The summed E-state index contributed by atoms with van der Waals surface area (Å²) in [6, 6.07) is 5.77. The maximum absolute atomic E-state index is 11.8. The molecule has 7 nitrogen and oxygen atoms in total. The smallest absolute Gasteiger partial charge is 0.407 e. The molecule has 7 heteroatoms. The monoisotopic (exact) mass is 318 g/mol. The molecule has 0 bridgehead atoms. The number of alkyl carbamates (subject to hydrolysis) is 1. The largest absolute Gasteiger partial charge is 0.444 e. The van der Waals surface area contributed by atoms with Gasteiger partial charge in [-0.2, -0.15) is 0 Å². The Bertz CT molecular complexity index is 688. The van der Waals surface area contributed by atoms with Gasteiger partial charge in [-0.1, -0.05) is 6.07 Å². The van der Waals surface area contributed by atoms with Crippen molar-refractivity contribution in [3.8, 4) is 0 Å². The van der Waals surface area contributed by atoms with Gasteiger partial charge in [-0.15, -0.1) is 0 Å². The minimum absolute atomic E-state index is 0.134. The SMILES string of the molecule is CC(C)(C)OC(=O)NCCC(=O)NCc1ccc2nc[nH]c2c1. The van der Waals surface area contributed by atoms with Crippen molar-refractivity contribution < 1.29 is 14.3 Å². The van der Waals surface area contributed by atoms with Crippen LogP contribution in [0.5, 0.6) is 0 Å². The van der Waals surface area contributed by atoms with Crippen LogP contribution in [-0.2, 0) is 16.1 Å². The van der Waals surface area contributed by atoms with Crippen molar-refractivity contribution in [1.29, 1.82) is 0 Å². The zero-order valence-corrected chi connectivity index (χ0v) is 13.6. The molecule has 0 fully saturated rings. The Morgan fingerprint density at radius 3 is 2.78 bits per heavy atom. The molecule has 0 aliphatic carbocycles. The highest BCUT2D eigenvalue weighted by Crippen LogP contribution is 2.11. The molecule has 0 aliphatic heterocycles. The molecule has 2 rings (SSSR count). The summed E-state index contributed by atoms with van der Waals surface area (Å²) in [5.74, 6) is -0.134. The van der Waals surface area contributed by atoms with Crippen LogP contribution in [0.4, 0.5) is 4.79 Å². The lowest BCUT2D eigenvalue weighted by Gasteiger charge is -2.19.